The summed E-state index contributed by atoms with van der Waals surface area (Å²) >= 11 is 0. The fourth-order valence-corrected chi connectivity index (χ4v) is 2.68. The highest BCUT2D eigenvalue weighted by atomic mass is 16.4. The second kappa shape index (κ2) is 6.24. The van der Waals surface area contributed by atoms with E-state index in [9.17, 15) is 14.4 Å². The zero-order valence-corrected chi connectivity index (χ0v) is 11.8. The Morgan fingerprint density at radius 3 is 2.55 bits per heavy atom. The van der Waals surface area contributed by atoms with Crippen LogP contribution in [0.25, 0.3) is 0 Å². The van der Waals surface area contributed by atoms with E-state index in [-0.39, 0.29) is 17.7 Å². The van der Waals surface area contributed by atoms with Crippen molar-refractivity contribution >= 4 is 17.8 Å². The SMILES string of the molecule is CCCC(NC(=O)C1CCCN1C(=O)C1CC1)C(=O)O. The van der Waals surface area contributed by atoms with Crippen LogP contribution in [0.15, 0.2) is 0 Å². The Balaban J connectivity index is 1.96. The Bertz CT molecular complexity index is 406. The average molecular weight is 282 g/mol. The van der Waals surface area contributed by atoms with Gasteiger partial charge in [0.1, 0.15) is 12.1 Å². The molecule has 6 nitrogen and oxygen atoms in total. The number of nitrogens with one attached hydrogen (secondary N) is 1. The van der Waals surface area contributed by atoms with E-state index in [0.29, 0.717) is 25.8 Å². The van der Waals surface area contributed by atoms with Crippen molar-refractivity contribution in [3.05, 3.63) is 0 Å². The summed E-state index contributed by atoms with van der Waals surface area (Å²) in [6.07, 6.45) is 4.36. The summed E-state index contributed by atoms with van der Waals surface area (Å²) in [7, 11) is 0. The fourth-order valence-electron chi connectivity index (χ4n) is 2.68. The Hall–Kier alpha value is -1.59. The molecule has 0 aromatic heterocycles. The third-order valence-corrected chi connectivity index (χ3v) is 3.96. The highest BCUT2D eigenvalue weighted by molar-refractivity contribution is 5.92. The molecule has 1 saturated carbocycles. The van der Waals surface area contributed by atoms with Crippen molar-refractivity contribution in [1.29, 1.82) is 0 Å². The van der Waals surface area contributed by atoms with Gasteiger partial charge < -0.3 is 15.3 Å². The van der Waals surface area contributed by atoms with E-state index in [1.54, 1.807) is 4.90 Å². The Kier molecular flexibility index (Phi) is 4.62. The zero-order valence-electron chi connectivity index (χ0n) is 11.8. The smallest absolute Gasteiger partial charge is 0.326 e. The average Bonchev–Trinajstić information content (AvgIpc) is 3.14. The number of hydrogen-bond acceptors (Lipinski definition) is 3. The van der Waals surface area contributed by atoms with Crippen molar-refractivity contribution in [3.8, 4) is 0 Å². The molecule has 2 unspecified atom stereocenters. The lowest BCUT2D eigenvalue weighted by atomic mass is 10.1. The van der Waals surface area contributed by atoms with Gasteiger partial charge in [0.15, 0.2) is 0 Å². The first kappa shape index (κ1) is 14.8. The minimum absolute atomic E-state index is 0.0602. The molecule has 6 heteroatoms. The summed E-state index contributed by atoms with van der Waals surface area (Å²) in [6, 6.07) is -1.34. The molecule has 1 heterocycles. The maximum atomic E-state index is 12.2. The van der Waals surface area contributed by atoms with E-state index in [0.717, 1.165) is 19.3 Å². The molecular formula is C14H22N2O4. The highest BCUT2D eigenvalue weighted by Crippen LogP contribution is 2.33. The van der Waals surface area contributed by atoms with Gasteiger partial charge in [0, 0.05) is 12.5 Å². The van der Waals surface area contributed by atoms with Crippen LogP contribution in [0, 0.1) is 5.92 Å². The molecule has 0 spiro atoms. The minimum Gasteiger partial charge on any atom is -0.480 e. The Labute approximate surface area is 118 Å². The van der Waals surface area contributed by atoms with Crippen LogP contribution in [0.3, 0.4) is 0 Å². The van der Waals surface area contributed by atoms with Gasteiger partial charge in [0.05, 0.1) is 0 Å². The van der Waals surface area contributed by atoms with E-state index in [1.807, 2.05) is 6.92 Å². The zero-order chi connectivity index (χ0) is 14.7. The van der Waals surface area contributed by atoms with Crippen LogP contribution in [0.4, 0.5) is 0 Å². The quantitative estimate of drug-likeness (QED) is 0.753. The molecule has 1 aliphatic heterocycles. The maximum absolute atomic E-state index is 12.2. The number of nitrogens with zero attached hydrogens (tertiary/aromatic N) is 1. The number of carbonyl (C=O) groups is 3. The van der Waals surface area contributed by atoms with Crippen molar-refractivity contribution in [2.75, 3.05) is 6.54 Å². The monoisotopic (exact) mass is 282 g/mol. The van der Waals surface area contributed by atoms with Gasteiger partial charge in [-0.3, -0.25) is 9.59 Å². The molecule has 0 aromatic carbocycles. The third kappa shape index (κ3) is 3.29. The highest BCUT2D eigenvalue weighted by Gasteiger charge is 2.41. The molecule has 0 radical (unpaired) electrons. The predicted molar refractivity (Wildman–Crippen MR) is 71.9 cm³/mol. The van der Waals surface area contributed by atoms with Crippen molar-refractivity contribution in [2.24, 2.45) is 5.92 Å². The summed E-state index contributed by atoms with van der Waals surface area (Å²) < 4.78 is 0. The first-order valence-corrected chi connectivity index (χ1v) is 7.38. The molecule has 0 bridgehead atoms. The lowest BCUT2D eigenvalue weighted by Crippen LogP contribution is -2.51. The number of amides is 2. The molecule has 2 rings (SSSR count). The van der Waals surface area contributed by atoms with Crippen molar-refractivity contribution in [1.82, 2.24) is 10.2 Å². The standard InChI is InChI=1S/C14H22N2O4/c1-2-4-10(14(19)20)15-12(17)11-5-3-8-16(11)13(18)9-6-7-9/h9-11H,2-8H2,1H3,(H,15,17)(H,19,20). The van der Waals surface area contributed by atoms with Gasteiger partial charge in [0.25, 0.3) is 0 Å². The van der Waals surface area contributed by atoms with Crippen molar-refractivity contribution in [2.45, 2.75) is 57.5 Å². The topological polar surface area (TPSA) is 86.7 Å². The lowest BCUT2D eigenvalue weighted by molar-refractivity contribution is -0.144. The third-order valence-electron chi connectivity index (χ3n) is 3.96. The first-order chi connectivity index (χ1) is 9.54. The van der Waals surface area contributed by atoms with Crippen molar-refractivity contribution < 1.29 is 19.5 Å². The number of aliphatic carboxylic acids is 1. The van der Waals surface area contributed by atoms with Gasteiger partial charge in [-0.15, -0.1) is 0 Å². The number of likely N-dealkylation sites (tertiary alicyclic amines) is 1. The summed E-state index contributed by atoms with van der Waals surface area (Å²) in [4.78, 5) is 37.0. The number of carboxylic acids is 1. The van der Waals surface area contributed by atoms with E-state index in [2.05, 4.69) is 5.32 Å². The van der Waals surface area contributed by atoms with Gasteiger partial charge in [-0.2, -0.15) is 0 Å². The largest absolute Gasteiger partial charge is 0.480 e. The lowest BCUT2D eigenvalue weighted by Gasteiger charge is -2.25. The molecule has 112 valence electrons. The van der Waals surface area contributed by atoms with Crippen molar-refractivity contribution in [3.63, 3.8) is 0 Å². The number of hydrogen-bond donors (Lipinski definition) is 2. The predicted octanol–water partition coefficient (Wildman–Crippen LogP) is 0.757. The van der Waals surface area contributed by atoms with Crippen LogP contribution in [0.2, 0.25) is 0 Å². The van der Waals surface area contributed by atoms with Crippen LogP contribution in [-0.4, -0.2) is 46.4 Å². The van der Waals surface area contributed by atoms with E-state index >= 15 is 0 Å². The minimum atomic E-state index is -1.02. The number of carbonyl (C=O) groups excluding carboxylic acids is 2. The van der Waals surface area contributed by atoms with E-state index in [4.69, 9.17) is 5.11 Å². The Morgan fingerprint density at radius 2 is 2.00 bits per heavy atom. The molecule has 0 aromatic rings. The van der Waals surface area contributed by atoms with Crippen LogP contribution in [0.1, 0.15) is 45.4 Å². The summed E-state index contributed by atoms with van der Waals surface area (Å²) in [6.45, 7) is 2.49. The second-order valence-electron chi connectivity index (χ2n) is 5.65. The number of rotatable bonds is 6. The van der Waals surface area contributed by atoms with Gasteiger partial charge in [-0.25, -0.2) is 4.79 Å². The summed E-state index contributed by atoms with van der Waals surface area (Å²) in [5, 5.41) is 11.6. The molecule has 2 fully saturated rings. The second-order valence-corrected chi connectivity index (χ2v) is 5.65. The molecule has 20 heavy (non-hydrogen) atoms. The van der Waals surface area contributed by atoms with Gasteiger partial charge >= 0.3 is 5.97 Å². The molecule has 1 saturated heterocycles. The van der Waals surface area contributed by atoms with Crippen LogP contribution < -0.4 is 5.32 Å². The summed E-state index contributed by atoms with van der Waals surface area (Å²) in [5.41, 5.74) is 0. The van der Waals surface area contributed by atoms with E-state index < -0.39 is 18.1 Å². The fraction of sp³-hybridized carbons (Fsp3) is 0.786. The molecule has 2 N–H and O–H groups in total. The van der Waals surface area contributed by atoms with Gasteiger partial charge in [-0.05, 0) is 32.1 Å². The van der Waals surface area contributed by atoms with Gasteiger partial charge in [0.2, 0.25) is 11.8 Å². The van der Waals surface area contributed by atoms with Gasteiger partial charge in [-0.1, -0.05) is 13.3 Å². The van der Waals surface area contributed by atoms with Crippen LogP contribution in [0.5, 0.6) is 0 Å². The normalized spacial score (nSPS) is 23.4. The maximum Gasteiger partial charge on any atom is 0.326 e. The molecule has 2 amide bonds. The first-order valence-electron chi connectivity index (χ1n) is 7.38. The van der Waals surface area contributed by atoms with Crippen LogP contribution in [-0.2, 0) is 14.4 Å². The molecular weight excluding hydrogens is 260 g/mol. The van der Waals surface area contributed by atoms with E-state index in [1.165, 1.54) is 0 Å². The molecule has 1 aliphatic carbocycles. The Morgan fingerprint density at radius 1 is 1.30 bits per heavy atom. The van der Waals surface area contributed by atoms with Crippen LogP contribution >= 0.6 is 0 Å². The molecule has 2 atom stereocenters. The molecule has 2 aliphatic rings. The number of carboxylic acid groups (broad SMARTS) is 1. The summed E-state index contributed by atoms with van der Waals surface area (Å²) in [5.74, 6) is -1.19.